The van der Waals surface area contributed by atoms with E-state index < -0.39 is 0 Å². The Labute approximate surface area is 81.2 Å². The second-order valence-corrected chi connectivity index (χ2v) is 3.93. The Hall–Kier alpha value is -0.120. The van der Waals surface area contributed by atoms with Gasteiger partial charge in [0, 0.05) is 32.3 Å². The number of nitrogens with zero attached hydrogens (tertiary/aromatic N) is 1. The third-order valence-corrected chi connectivity index (χ3v) is 2.48. The largest absolute Gasteiger partial charge is 0.378 e. The summed E-state index contributed by atoms with van der Waals surface area (Å²) in [5, 5.41) is 0. The van der Waals surface area contributed by atoms with Gasteiger partial charge in [0.15, 0.2) is 0 Å². The maximum absolute atomic E-state index is 5.74. The molecule has 3 nitrogen and oxygen atoms in total. The van der Waals surface area contributed by atoms with Crippen molar-refractivity contribution in [2.24, 2.45) is 5.73 Å². The molecule has 1 saturated heterocycles. The highest BCUT2D eigenvalue weighted by molar-refractivity contribution is 4.74. The highest BCUT2D eigenvalue weighted by Gasteiger charge is 2.19. The van der Waals surface area contributed by atoms with Gasteiger partial charge in [0.05, 0.1) is 6.10 Å². The zero-order valence-corrected chi connectivity index (χ0v) is 8.83. The first kappa shape index (κ1) is 11.0. The van der Waals surface area contributed by atoms with Crippen LogP contribution in [0.5, 0.6) is 0 Å². The number of ether oxygens (including phenoxy) is 1. The number of piperidine rings is 1. The lowest BCUT2D eigenvalue weighted by molar-refractivity contribution is 0.0135. The van der Waals surface area contributed by atoms with E-state index in [0.29, 0.717) is 12.1 Å². The molecule has 0 aliphatic carbocycles. The van der Waals surface area contributed by atoms with Crippen molar-refractivity contribution in [1.82, 2.24) is 4.90 Å². The summed E-state index contributed by atoms with van der Waals surface area (Å²) in [6.45, 7) is 8.29. The summed E-state index contributed by atoms with van der Waals surface area (Å²) in [6, 6.07) is 0.295. The number of likely N-dealkylation sites (tertiary alicyclic amines) is 1. The van der Waals surface area contributed by atoms with Gasteiger partial charge in [-0.3, -0.25) is 0 Å². The third-order valence-electron chi connectivity index (χ3n) is 2.48. The van der Waals surface area contributed by atoms with Crippen molar-refractivity contribution in [3.63, 3.8) is 0 Å². The van der Waals surface area contributed by atoms with Gasteiger partial charge in [0.25, 0.3) is 0 Å². The minimum absolute atomic E-state index is 0.295. The van der Waals surface area contributed by atoms with E-state index in [4.69, 9.17) is 10.5 Å². The van der Waals surface area contributed by atoms with Gasteiger partial charge in [-0.15, -0.1) is 0 Å². The lowest BCUT2D eigenvalue weighted by atomic mass is 10.1. The van der Waals surface area contributed by atoms with E-state index in [2.05, 4.69) is 18.7 Å². The van der Waals surface area contributed by atoms with Crippen LogP contribution in [-0.2, 0) is 4.74 Å². The first-order chi connectivity index (χ1) is 6.22. The van der Waals surface area contributed by atoms with Crippen LogP contribution in [0, 0.1) is 0 Å². The summed E-state index contributed by atoms with van der Waals surface area (Å²) in [7, 11) is 0. The van der Waals surface area contributed by atoms with Crippen molar-refractivity contribution in [2.75, 3.05) is 26.2 Å². The molecule has 1 rings (SSSR count). The summed E-state index contributed by atoms with van der Waals surface area (Å²) in [5.41, 5.74) is 5.74. The van der Waals surface area contributed by atoms with Gasteiger partial charge >= 0.3 is 0 Å². The molecule has 0 unspecified atom stereocenters. The van der Waals surface area contributed by atoms with Crippen LogP contribution in [0.2, 0.25) is 0 Å². The van der Waals surface area contributed by atoms with Crippen LogP contribution in [0.4, 0.5) is 0 Å². The molecule has 0 radical (unpaired) electrons. The van der Waals surface area contributed by atoms with Crippen LogP contribution in [0.3, 0.4) is 0 Å². The van der Waals surface area contributed by atoms with Gasteiger partial charge < -0.3 is 15.4 Å². The van der Waals surface area contributed by atoms with Gasteiger partial charge in [-0.2, -0.15) is 0 Å². The minimum atomic E-state index is 0.295. The van der Waals surface area contributed by atoms with Crippen LogP contribution < -0.4 is 5.73 Å². The van der Waals surface area contributed by atoms with Crippen molar-refractivity contribution in [1.29, 1.82) is 0 Å². The number of nitrogens with two attached hydrogens (primary N) is 1. The average molecular weight is 186 g/mol. The fraction of sp³-hybridized carbons (Fsp3) is 1.00. The van der Waals surface area contributed by atoms with Crippen molar-refractivity contribution in [3.8, 4) is 0 Å². The van der Waals surface area contributed by atoms with Gasteiger partial charge in [0.2, 0.25) is 0 Å². The molecular formula is C10H22N2O. The Morgan fingerprint density at radius 2 is 2.08 bits per heavy atom. The van der Waals surface area contributed by atoms with Crippen molar-refractivity contribution in [2.45, 2.75) is 38.8 Å². The monoisotopic (exact) mass is 186 g/mol. The van der Waals surface area contributed by atoms with Crippen LogP contribution >= 0.6 is 0 Å². The molecule has 13 heavy (non-hydrogen) atoms. The molecule has 1 atom stereocenters. The second kappa shape index (κ2) is 5.58. The fourth-order valence-corrected chi connectivity index (χ4v) is 1.90. The zero-order valence-electron chi connectivity index (χ0n) is 8.83. The Morgan fingerprint density at radius 3 is 2.54 bits per heavy atom. The maximum atomic E-state index is 5.74. The van der Waals surface area contributed by atoms with Crippen LogP contribution in [-0.4, -0.2) is 43.3 Å². The molecule has 0 saturated carbocycles. The van der Waals surface area contributed by atoms with Crippen molar-refractivity contribution >= 4 is 0 Å². The topological polar surface area (TPSA) is 38.5 Å². The van der Waals surface area contributed by atoms with Crippen molar-refractivity contribution < 1.29 is 4.74 Å². The molecule has 1 aliphatic heterocycles. The molecule has 1 aliphatic rings. The molecule has 0 aromatic carbocycles. The molecule has 78 valence electrons. The smallest absolute Gasteiger partial charge is 0.0599 e. The van der Waals surface area contributed by atoms with E-state index in [0.717, 1.165) is 26.2 Å². The first-order valence-corrected chi connectivity index (χ1v) is 5.32. The maximum Gasteiger partial charge on any atom is 0.0599 e. The summed E-state index contributed by atoms with van der Waals surface area (Å²) >= 11 is 0. The standard InChI is InChI=1S/C10H22N2O/c1-3-13-10-4-6-12(7-5-10)8-9(2)11/h9-10H,3-8,11H2,1-2H3/t9-/m0/s1. The molecule has 1 fully saturated rings. The molecule has 0 bridgehead atoms. The average Bonchev–Trinajstić information content (AvgIpc) is 2.08. The quantitative estimate of drug-likeness (QED) is 0.707. The summed E-state index contributed by atoms with van der Waals surface area (Å²) < 4.78 is 5.58. The van der Waals surface area contributed by atoms with E-state index in [9.17, 15) is 0 Å². The van der Waals surface area contributed by atoms with Gasteiger partial charge in [-0.05, 0) is 26.7 Å². The van der Waals surface area contributed by atoms with E-state index >= 15 is 0 Å². The van der Waals surface area contributed by atoms with Crippen molar-refractivity contribution in [3.05, 3.63) is 0 Å². The lowest BCUT2D eigenvalue weighted by Gasteiger charge is -2.32. The molecule has 3 heteroatoms. The molecule has 0 aromatic rings. The van der Waals surface area contributed by atoms with E-state index in [1.165, 1.54) is 12.8 Å². The number of rotatable bonds is 4. The molecular weight excluding hydrogens is 164 g/mol. The van der Waals surface area contributed by atoms with Gasteiger partial charge in [-0.25, -0.2) is 0 Å². The minimum Gasteiger partial charge on any atom is -0.378 e. The molecule has 2 N–H and O–H groups in total. The third kappa shape index (κ3) is 4.07. The SMILES string of the molecule is CCOC1CCN(C[C@H](C)N)CC1. The Kier molecular flexibility index (Phi) is 4.70. The van der Waals surface area contributed by atoms with Gasteiger partial charge in [0.1, 0.15) is 0 Å². The van der Waals surface area contributed by atoms with E-state index in [1.54, 1.807) is 0 Å². The van der Waals surface area contributed by atoms with Crippen LogP contribution in [0.15, 0.2) is 0 Å². The van der Waals surface area contributed by atoms with Crippen LogP contribution in [0.1, 0.15) is 26.7 Å². The lowest BCUT2D eigenvalue weighted by Crippen LogP contribution is -2.42. The normalized spacial score (nSPS) is 23.3. The molecule has 0 amide bonds. The first-order valence-electron chi connectivity index (χ1n) is 5.32. The summed E-state index contributed by atoms with van der Waals surface area (Å²) in [5.74, 6) is 0. The number of hydrogen-bond donors (Lipinski definition) is 1. The van der Waals surface area contributed by atoms with E-state index in [-0.39, 0.29) is 0 Å². The number of hydrogen-bond acceptors (Lipinski definition) is 3. The summed E-state index contributed by atoms with van der Waals surface area (Å²) in [4.78, 5) is 2.43. The fourth-order valence-electron chi connectivity index (χ4n) is 1.90. The summed E-state index contributed by atoms with van der Waals surface area (Å²) in [6.07, 6.45) is 2.83. The molecule has 1 heterocycles. The zero-order chi connectivity index (χ0) is 9.68. The second-order valence-electron chi connectivity index (χ2n) is 3.93. The predicted molar refractivity (Wildman–Crippen MR) is 54.7 cm³/mol. The Balaban J connectivity index is 2.15. The molecule has 0 aromatic heterocycles. The Bertz CT molecular complexity index is 131. The highest BCUT2D eigenvalue weighted by Crippen LogP contribution is 2.13. The Morgan fingerprint density at radius 1 is 1.46 bits per heavy atom. The predicted octanol–water partition coefficient (Wildman–Crippen LogP) is 0.834. The van der Waals surface area contributed by atoms with Gasteiger partial charge in [-0.1, -0.05) is 0 Å². The molecule has 0 spiro atoms. The van der Waals surface area contributed by atoms with E-state index in [1.807, 2.05) is 0 Å². The highest BCUT2D eigenvalue weighted by atomic mass is 16.5. The van der Waals surface area contributed by atoms with Crippen LogP contribution in [0.25, 0.3) is 0 Å².